The van der Waals surface area contributed by atoms with Gasteiger partial charge in [0.1, 0.15) is 0 Å². The fourth-order valence-corrected chi connectivity index (χ4v) is 7.88. The van der Waals surface area contributed by atoms with Crippen molar-refractivity contribution in [2.45, 2.75) is 12.4 Å². The average Bonchev–Trinajstić information content (AvgIpc) is 3.93. The maximum absolute atomic E-state index is 13.7. The smallest absolute Gasteiger partial charge is 0.656 e. The molecule has 0 unspecified atom stereocenters. The third kappa shape index (κ3) is 8.18. The van der Waals surface area contributed by atoms with Crippen molar-refractivity contribution < 1.29 is 45.8 Å². The molecule has 8 rings (SSSR count). The van der Waals surface area contributed by atoms with Crippen molar-refractivity contribution in [3.63, 3.8) is 0 Å². The Balaban J connectivity index is 0.000000172. The minimum absolute atomic E-state index is 0. The number of allylic oxidation sites excluding steroid dienone is 6. The van der Waals surface area contributed by atoms with Crippen molar-refractivity contribution >= 4 is 67.9 Å². The number of rotatable bonds is 6. The first-order chi connectivity index (χ1) is 24.0. The van der Waals surface area contributed by atoms with E-state index >= 15 is 0 Å². The van der Waals surface area contributed by atoms with Crippen molar-refractivity contribution in [3.05, 3.63) is 151 Å². The topological polar surface area (TPSA) is 52.9 Å². The first-order valence-corrected chi connectivity index (χ1v) is 18.2. The van der Waals surface area contributed by atoms with Gasteiger partial charge in [-0.3, -0.25) is 0 Å². The summed E-state index contributed by atoms with van der Waals surface area (Å²) in [4.78, 5) is 20.1. The van der Waals surface area contributed by atoms with Crippen LogP contribution in [0, 0.1) is 0 Å². The van der Waals surface area contributed by atoms with Gasteiger partial charge >= 0.3 is 31.8 Å². The minimum Gasteiger partial charge on any atom is -0.656 e. The summed E-state index contributed by atoms with van der Waals surface area (Å²) in [5.41, 5.74) is 0.121. The number of aromatic nitrogens is 2. The number of nitrogens with zero attached hydrogens (tertiary/aromatic N) is 4. The quantitative estimate of drug-likeness (QED) is 0.124. The van der Waals surface area contributed by atoms with Gasteiger partial charge in [-0.1, -0.05) is 48.5 Å². The summed E-state index contributed by atoms with van der Waals surface area (Å²) in [6, 6.07) is 20.7. The van der Waals surface area contributed by atoms with Crippen LogP contribution in [0.5, 0.6) is 0 Å². The van der Waals surface area contributed by atoms with Crippen LogP contribution in [0.25, 0.3) is 32.3 Å². The van der Waals surface area contributed by atoms with Gasteiger partial charge in [-0.2, -0.15) is 26.3 Å². The van der Waals surface area contributed by atoms with Crippen LogP contribution in [0.15, 0.2) is 140 Å². The molecule has 2 aliphatic rings. The molecular weight excluding hydrogens is 796 g/mol. The molecule has 15 heteroatoms. The SMILES string of the molecule is FC(F)(F)/C(=C1\C=CC(c2cccs2)=N1)c1ccc(-c2cccs2)[n-]1.FC(F)(F)/C(=C1\C=CC(c2cccs2)=N1)c1ccc(-c2cccs2)[n-]1.[Zn+2]. The van der Waals surface area contributed by atoms with Crippen LogP contribution in [0.1, 0.15) is 21.1 Å². The van der Waals surface area contributed by atoms with Crippen LogP contribution in [-0.2, 0) is 19.5 Å². The molecule has 0 bridgehead atoms. The van der Waals surface area contributed by atoms with E-state index in [4.69, 9.17) is 0 Å². The fourth-order valence-electron chi connectivity index (χ4n) is 5.10. The predicted octanol–water partition coefficient (Wildman–Crippen LogP) is 11.5. The second-order valence-corrected chi connectivity index (χ2v) is 14.3. The molecule has 0 radical (unpaired) electrons. The van der Waals surface area contributed by atoms with Gasteiger partial charge in [-0.25, -0.2) is 9.98 Å². The average molecular weight is 816 g/mol. The van der Waals surface area contributed by atoms with E-state index in [1.807, 2.05) is 70.1 Å². The Morgan fingerprint density at radius 1 is 0.471 bits per heavy atom. The van der Waals surface area contributed by atoms with Gasteiger partial charge in [0.25, 0.3) is 0 Å². The van der Waals surface area contributed by atoms with Crippen molar-refractivity contribution in [2.75, 3.05) is 0 Å². The largest absolute Gasteiger partial charge is 2.00 e. The van der Waals surface area contributed by atoms with Gasteiger partial charge in [-0.15, -0.1) is 68.1 Å². The van der Waals surface area contributed by atoms with Crippen LogP contribution in [0.4, 0.5) is 26.3 Å². The van der Waals surface area contributed by atoms with E-state index in [0.717, 1.165) is 19.5 Å². The van der Waals surface area contributed by atoms with Crippen molar-refractivity contribution in [1.82, 2.24) is 9.97 Å². The van der Waals surface area contributed by atoms with E-state index in [2.05, 4.69) is 20.0 Å². The Kier molecular flexibility index (Phi) is 10.9. The summed E-state index contributed by atoms with van der Waals surface area (Å²) >= 11 is 5.76. The van der Waals surface area contributed by atoms with Gasteiger partial charge in [-0.05, 0) is 70.1 Å². The van der Waals surface area contributed by atoms with Crippen LogP contribution in [-0.4, -0.2) is 23.8 Å². The molecule has 2 aliphatic heterocycles. The molecule has 0 saturated heterocycles. The van der Waals surface area contributed by atoms with Gasteiger partial charge in [0.05, 0.1) is 43.7 Å². The number of hydrogen-bond donors (Lipinski definition) is 0. The van der Waals surface area contributed by atoms with Gasteiger partial charge in [0, 0.05) is 9.75 Å². The molecule has 0 N–H and O–H groups in total. The molecule has 0 spiro atoms. The summed E-state index contributed by atoms with van der Waals surface area (Å²) in [7, 11) is 0. The Morgan fingerprint density at radius 3 is 1.14 bits per heavy atom. The standard InChI is InChI=1S/2C18H10F3N2S2.Zn/c2*19-18(20,21)17(13-7-5-11(22-13)15-3-1-9-24-15)14-8-6-12(23-14)16-4-2-10-25-16;/h2*1-10H;/q2*-1;+2/b2*17-13+;. The van der Waals surface area contributed by atoms with E-state index in [-0.39, 0.29) is 42.3 Å². The zero-order valence-electron chi connectivity index (χ0n) is 25.9. The monoisotopic (exact) mass is 814 g/mol. The van der Waals surface area contributed by atoms with Crippen LogP contribution in [0.2, 0.25) is 0 Å². The molecule has 0 atom stereocenters. The Morgan fingerprint density at radius 2 is 0.824 bits per heavy atom. The maximum Gasteiger partial charge on any atom is 2.00 e. The van der Waals surface area contributed by atoms with E-state index in [9.17, 15) is 26.3 Å². The Bertz CT molecular complexity index is 2110. The van der Waals surface area contributed by atoms with Gasteiger partial charge < -0.3 is 9.97 Å². The molecule has 0 saturated carbocycles. The number of aliphatic imine (C=N–C) groups is 2. The number of thiophene rings is 4. The summed E-state index contributed by atoms with van der Waals surface area (Å²) in [6.07, 6.45) is -3.06. The summed E-state index contributed by atoms with van der Waals surface area (Å²) in [6.45, 7) is 0. The molecule has 0 aromatic carbocycles. The first kappa shape index (κ1) is 36.6. The van der Waals surface area contributed by atoms with E-state index in [0.29, 0.717) is 22.8 Å². The van der Waals surface area contributed by atoms with E-state index in [1.165, 1.54) is 69.6 Å². The molecule has 4 nitrogen and oxygen atoms in total. The zero-order valence-corrected chi connectivity index (χ0v) is 32.2. The molecule has 6 aromatic rings. The maximum atomic E-state index is 13.7. The second kappa shape index (κ2) is 15.2. The second-order valence-electron chi connectivity index (χ2n) is 10.5. The van der Waals surface area contributed by atoms with E-state index in [1.54, 1.807) is 24.3 Å². The molecule has 0 fully saturated rings. The van der Waals surface area contributed by atoms with Crippen LogP contribution >= 0.6 is 45.3 Å². The van der Waals surface area contributed by atoms with Crippen LogP contribution in [0.3, 0.4) is 0 Å². The van der Waals surface area contributed by atoms with E-state index < -0.39 is 23.5 Å². The number of hydrogen-bond acceptors (Lipinski definition) is 6. The summed E-state index contributed by atoms with van der Waals surface area (Å²) in [5, 5.41) is 7.46. The van der Waals surface area contributed by atoms with Crippen molar-refractivity contribution in [1.29, 1.82) is 0 Å². The Hall–Kier alpha value is -4.14. The zero-order chi connectivity index (χ0) is 34.9. The fraction of sp³-hybridized carbons (Fsp3) is 0.0556. The summed E-state index contributed by atoms with van der Waals surface area (Å²) < 4.78 is 82.1. The predicted molar refractivity (Wildman–Crippen MR) is 192 cm³/mol. The minimum atomic E-state index is -4.54. The third-order valence-electron chi connectivity index (χ3n) is 7.25. The third-order valence-corrected chi connectivity index (χ3v) is 10.8. The Labute approximate surface area is 316 Å². The molecule has 252 valence electrons. The normalized spacial score (nSPS) is 16.0. The van der Waals surface area contributed by atoms with Gasteiger partial charge in [0.15, 0.2) is 0 Å². The molecule has 0 aliphatic carbocycles. The summed E-state index contributed by atoms with van der Waals surface area (Å²) in [5.74, 6) is 0. The molecular formula is C36H20F6N4S4Zn. The van der Waals surface area contributed by atoms with Crippen molar-refractivity contribution in [3.8, 4) is 21.1 Å². The molecule has 6 aromatic heterocycles. The number of halogens is 6. The van der Waals surface area contributed by atoms with Crippen molar-refractivity contribution in [2.24, 2.45) is 9.98 Å². The van der Waals surface area contributed by atoms with Gasteiger partial charge in [0.2, 0.25) is 0 Å². The molecule has 0 amide bonds. The number of alkyl halides is 6. The van der Waals surface area contributed by atoms with Crippen LogP contribution < -0.4 is 9.97 Å². The molecule has 51 heavy (non-hydrogen) atoms. The first-order valence-electron chi connectivity index (χ1n) is 14.6. The molecule has 8 heterocycles.